The highest BCUT2D eigenvalue weighted by Crippen LogP contribution is 2.43. The van der Waals surface area contributed by atoms with Crippen molar-refractivity contribution < 1.29 is 4.21 Å². The first kappa shape index (κ1) is 11.2. The number of thioether (sulfide) groups is 1. The van der Waals surface area contributed by atoms with Crippen LogP contribution in [0.25, 0.3) is 0 Å². The second kappa shape index (κ2) is 4.71. The summed E-state index contributed by atoms with van der Waals surface area (Å²) < 4.78 is 12.3. The van der Waals surface area contributed by atoms with E-state index < -0.39 is 10.8 Å². The quantitative estimate of drug-likeness (QED) is 0.749. The fourth-order valence-electron chi connectivity index (χ4n) is 1.92. The first-order valence-corrected chi connectivity index (χ1v) is 7.50. The van der Waals surface area contributed by atoms with E-state index in [4.69, 9.17) is 0 Å². The van der Waals surface area contributed by atoms with Gasteiger partial charge in [0, 0.05) is 21.3 Å². The van der Waals surface area contributed by atoms with Gasteiger partial charge in [-0.3, -0.25) is 4.21 Å². The van der Waals surface area contributed by atoms with Crippen molar-refractivity contribution in [3.63, 3.8) is 0 Å². The van der Waals surface area contributed by atoms with Crippen molar-refractivity contribution in [2.45, 2.75) is 35.4 Å². The van der Waals surface area contributed by atoms with Gasteiger partial charge in [0.2, 0.25) is 0 Å². The van der Waals surface area contributed by atoms with Crippen LogP contribution in [-0.4, -0.2) is 14.7 Å². The van der Waals surface area contributed by atoms with E-state index >= 15 is 0 Å². The summed E-state index contributed by atoms with van der Waals surface area (Å²) in [5, 5.41) is 0.939. The van der Waals surface area contributed by atoms with Gasteiger partial charge in [0.15, 0.2) is 0 Å². The third-order valence-electron chi connectivity index (χ3n) is 2.70. The van der Waals surface area contributed by atoms with Crippen molar-refractivity contribution in [1.29, 1.82) is 0 Å². The zero-order valence-electron chi connectivity index (χ0n) is 9.05. The zero-order chi connectivity index (χ0) is 10.8. The van der Waals surface area contributed by atoms with Crippen LogP contribution in [0.3, 0.4) is 0 Å². The largest absolute Gasteiger partial charge is 0.258 e. The Hall–Kier alpha value is -0.280. The van der Waals surface area contributed by atoms with Crippen molar-refractivity contribution in [3.05, 3.63) is 35.9 Å². The van der Waals surface area contributed by atoms with E-state index in [1.807, 2.05) is 30.0 Å². The van der Waals surface area contributed by atoms with Crippen LogP contribution in [0.2, 0.25) is 0 Å². The number of rotatable bonds is 1. The first-order valence-electron chi connectivity index (χ1n) is 5.28. The first-order chi connectivity index (χ1) is 7.18. The van der Waals surface area contributed by atoms with Crippen LogP contribution in [0.1, 0.15) is 30.4 Å². The second-order valence-electron chi connectivity index (χ2n) is 4.06. The summed E-state index contributed by atoms with van der Waals surface area (Å²) in [5.41, 5.74) is 1.21. The molecular weight excluding hydrogens is 224 g/mol. The lowest BCUT2D eigenvalue weighted by atomic mass is 10.2. The van der Waals surface area contributed by atoms with E-state index in [2.05, 4.69) is 26.0 Å². The van der Waals surface area contributed by atoms with Crippen molar-refractivity contribution in [3.8, 4) is 0 Å². The van der Waals surface area contributed by atoms with Crippen LogP contribution in [0.15, 0.2) is 30.3 Å². The maximum absolute atomic E-state index is 12.2. The van der Waals surface area contributed by atoms with Crippen molar-refractivity contribution in [2.75, 3.05) is 0 Å². The van der Waals surface area contributed by atoms with Crippen LogP contribution < -0.4 is 0 Å². The summed E-state index contributed by atoms with van der Waals surface area (Å²) in [6, 6.07) is 10.2. The molecule has 1 aromatic rings. The third kappa shape index (κ3) is 2.45. The molecule has 0 aromatic heterocycles. The molecule has 1 nitrogen and oxygen atoms in total. The van der Waals surface area contributed by atoms with E-state index in [1.165, 1.54) is 5.56 Å². The normalized spacial score (nSPS) is 36.4. The SMILES string of the molecule is CC1C[C@H](C)S[C@@H](c2ccccc2)S1=O. The minimum absolute atomic E-state index is 0.171. The van der Waals surface area contributed by atoms with Gasteiger partial charge in [0.1, 0.15) is 4.58 Å². The van der Waals surface area contributed by atoms with Gasteiger partial charge in [0.25, 0.3) is 0 Å². The van der Waals surface area contributed by atoms with Gasteiger partial charge >= 0.3 is 0 Å². The summed E-state index contributed by atoms with van der Waals surface area (Å²) in [4.78, 5) is 0. The molecule has 1 aliphatic rings. The van der Waals surface area contributed by atoms with E-state index in [0.717, 1.165) is 6.42 Å². The third-order valence-corrected chi connectivity index (χ3v) is 6.46. The molecule has 0 aliphatic carbocycles. The lowest BCUT2D eigenvalue weighted by Gasteiger charge is -2.30. The molecule has 1 heterocycles. The molecule has 82 valence electrons. The van der Waals surface area contributed by atoms with Crippen LogP contribution in [0.4, 0.5) is 0 Å². The van der Waals surface area contributed by atoms with Gasteiger partial charge < -0.3 is 0 Å². The lowest BCUT2D eigenvalue weighted by molar-refractivity contribution is 0.657. The fourth-order valence-corrected chi connectivity index (χ4v) is 6.08. The molecule has 0 bridgehead atoms. The van der Waals surface area contributed by atoms with E-state index in [9.17, 15) is 4.21 Å². The van der Waals surface area contributed by atoms with Gasteiger partial charge in [-0.05, 0) is 12.0 Å². The predicted molar refractivity (Wildman–Crippen MR) is 68.5 cm³/mol. The summed E-state index contributed by atoms with van der Waals surface area (Å²) in [6.45, 7) is 4.33. The lowest BCUT2D eigenvalue weighted by Crippen LogP contribution is -2.26. The van der Waals surface area contributed by atoms with Crippen molar-refractivity contribution >= 4 is 22.6 Å². The summed E-state index contributed by atoms with van der Waals surface area (Å²) >= 11 is 1.85. The topological polar surface area (TPSA) is 17.1 Å². The molecule has 0 spiro atoms. The Morgan fingerprint density at radius 2 is 1.93 bits per heavy atom. The summed E-state index contributed by atoms with van der Waals surface area (Å²) in [7, 11) is -0.731. The zero-order valence-corrected chi connectivity index (χ0v) is 10.7. The van der Waals surface area contributed by atoms with Gasteiger partial charge in [-0.25, -0.2) is 0 Å². The Morgan fingerprint density at radius 3 is 2.60 bits per heavy atom. The summed E-state index contributed by atoms with van der Waals surface area (Å²) in [6.07, 6.45) is 1.07. The molecule has 0 saturated carbocycles. The molecule has 3 heteroatoms. The van der Waals surface area contributed by atoms with Crippen LogP contribution >= 0.6 is 11.8 Å². The highest BCUT2D eigenvalue weighted by molar-refractivity contribution is 8.11. The smallest absolute Gasteiger partial charge is 0.106 e. The van der Waals surface area contributed by atoms with Gasteiger partial charge in [-0.1, -0.05) is 44.2 Å². The molecule has 15 heavy (non-hydrogen) atoms. The molecule has 2 unspecified atom stereocenters. The highest BCUT2D eigenvalue weighted by atomic mass is 32.2. The molecule has 1 aliphatic heterocycles. The van der Waals surface area contributed by atoms with Gasteiger partial charge in [-0.15, -0.1) is 11.8 Å². The van der Waals surface area contributed by atoms with Gasteiger partial charge in [0.05, 0.1) is 0 Å². The molecule has 2 rings (SSSR count). The Morgan fingerprint density at radius 1 is 1.27 bits per heavy atom. The maximum Gasteiger partial charge on any atom is 0.106 e. The van der Waals surface area contributed by atoms with E-state index in [0.29, 0.717) is 10.5 Å². The van der Waals surface area contributed by atoms with Crippen molar-refractivity contribution in [1.82, 2.24) is 0 Å². The van der Waals surface area contributed by atoms with Crippen LogP contribution in [-0.2, 0) is 10.8 Å². The molecule has 0 radical (unpaired) electrons. The van der Waals surface area contributed by atoms with E-state index in [-0.39, 0.29) is 4.58 Å². The molecule has 1 aromatic carbocycles. The number of hydrogen-bond donors (Lipinski definition) is 0. The number of hydrogen-bond acceptors (Lipinski definition) is 2. The minimum Gasteiger partial charge on any atom is -0.258 e. The van der Waals surface area contributed by atoms with E-state index in [1.54, 1.807) is 0 Å². The monoisotopic (exact) mass is 240 g/mol. The van der Waals surface area contributed by atoms with Crippen LogP contribution in [0, 0.1) is 0 Å². The Bertz CT molecular complexity index is 350. The summed E-state index contributed by atoms with van der Waals surface area (Å²) in [5.74, 6) is 0. The average Bonchev–Trinajstić information content (AvgIpc) is 2.24. The maximum atomic E-state index is 12.2. The van der Waals surface area contributed by atoms with Crippen molar-refractivity contribution in [2.24, 2.45) is 0 Å². The van der Waals surface area contributed by atoms with Crippen LogP contribution in [0.5, 0.6) is 0 Å². The Labute approximate surface area is 98.1 Å². The molecule has 4 atom stereocenters. The Kier molecular flexibility index (Phi) is 3.52. The number of benzene rings is 1. The molecule has 0 N–H and O–H groups in total. The Balaban J connectivity index is 2.24. The standard InChI is InChI=1S/C12H16OS2/c1-9-8-10(2)15(13)12(14-9)11-6-4-3-5-7-11/h3-7,9-10,12H,8H2,1-2H3/t9-,10?,12+,15?/m0/s1. The molecular formula is C12H16OS2. The minimum atomic E-state index is -0.731. The average molecular weight is 240 g/mol. The fraction of sp³-hybridized carbons (Fsp3) is 0.500. The molecule has 0 amide bonds. The van der Waals surface area contributed by atoms with Gasteiger partial charge in [-0.2, -0.15) is 0 Å². The molecule has 1 fully saturated rings. The molecule has 1 saturated heterocycles. The highest BCUT2D eigenvalue weighted by Gasteiger charge is 2.32. The second-order valence-corrected chi connectivity index (χ2v) is 7.84. The predicted octanol–water partition coefficient (Wildman–Crippen LogP) is 3.35.